The molecule has 3 N–H and O–H groups in total. The molecule has 0 bridgehead atoms. The lowest BCUT2D eigenvalue weighted by Gasteiger charge is -2.08. The molecule has 0 aliphatic rings. The molecular weight excluding hydrogens is 320 g/mol. The summed E-state index contributed by atoms with van der Waals surface area (Å²) >= 11 is 3.16. The molecule has 94 valence electrons. The maximum absolute atomic E-state index is 12.0. The number of nitrogens with one attached hydrogen (secondary N) is 1. The van der Waals surface area contributed by atoms with E-state index in [9.17, 15) is 8.42 Å². The Bertz CT molecular complexity index is 658. The minimum Gasteiger partial charge on any atom is -0.384 e. The quantitative estimate of drug-likeness (QED) is 0.834. The smallest absolute Gasteiger partial charge is 0.263 e. The highest BCUT2D eigenvalue weighted by Gasteiger charge is 2.15. The molecule has 0 aliphatic heterocycles. The predicted molar refractivity (Wildman–Crippen MR) is 71.4 cm³/mol. The van der Waals surface area contributed by atoms with Crippen LogP contribution in [-0.4, -0.2) is 18.4 Å². The van der Waals surface area contributed by atoms with Gasteiger partial charge in [-0.1, -0.05) is 0 Å². The Morgan fingerprint density at radius 3 is 2.61 bits per heavy atom. The Labute approximate surface area is 112 Å². The third kappa shape index (κ3) is 2.77. The maximum atomic E-state index is 12.0. The highest BCUT2D eigenvalue weighted by atomic mass is 79.9. The summed E-state index contributed by atoms with van der Waals surface area (Å²) in [7, 11) is -3.69. The van der Waals surface area contributed by atoms with E-state index in [0.29, 0.717) is 10.3 Å². The van der Waals surface area contributed by atoms with Crippen molar-refractivity contribution in [1.82, 2.24) is 9.97 Å². The van der Waals surface area contributed by atoms with E-state index < -0.39 is 10.0 Å². The van der Waals surface area contributed by atoms with Crippen LogP contribution in [-0.2, 0) is 10.0 Å². The van der Waals surface area contributed by atoms with Crippen molar-refractivity contribution in [2.24, 2.45) is 0 Å². The monoisotopic (exact) mass is 328 g/mol. The summed E-state index contributed by atoms with van der Waals surface area (Å²) in [6.07, 6.45) is 2.74. The number of nitrogens with zero attached hydrogens (tertiary/aromatic N) is 2. The Morgan fingerprint density at radius 1 is 1.22 bits per heavy atom. The first-order valence-corrected chi connectivity index (χ1v) is 7.11. The Hall–Kier alpha value is -1.67. The van der Waals surface area contributed by atoms with Gasteiger partial charge in [0.2, 0.25) is 0 Å². The fourth-order valence-corrected chi connectivity index (χ4v) is 2.71. The van der Waals surface area contributed by atoms with Crippen LogP contribution < -0.4 is 10.5 Å². The molecule has 6 nitrogen and oxygen atoms in total. The summed E-state index contributed by atoms with van der Waals surface area (Å²) in [6.45, 7) is 0. The van der Waals surface area contributed by atoms with Crippen molar-refractivity contribution in [3.05, 3.63) is 41.3 Å². The van der Waals surface area contributed by atoms with Crippen LogP contribution in [0.1, 0.15) is 0 Å². The molecule has 0 fully saturated rings. The zero-order valence-corrected chi connectivity index (χ0v) is 11.4. The van der Waals surface area contributed by atoms with Crippen LogP contribution in [0.15, 0.2) is 46.2 Å². The molecule has 0 amide bonds. The normalized spacial score (nSPS) is 11.2. The lowest BCUT2D eigenvalue weighted by molar-refractivity contribution is 0.601. The summed E-state index contributed by atoms with van der Waals surface area (Å²) in [6, 6.07) is 6.03. The molecular formula is C10H9BrN4O2S. The fourth-order valence-electron chi connectivity index (χ4n) is 1.22. The van der Waals surface area contributed by atoms with Crippen molar-refractivity contribution in [3.63, 3.8) is 0 Å². The van der Waals surface area contributed by atoms with Crippen LogP contribution in [0, 0.1) is 0 Å². The van der Waals surface area contributed by atoms with Crippen LogP contribution in [0.25, 0.3) is 0 Å². The van der Waals surface area contributed by atoms with Crippen LogP contribution in [0.2, 0.25) is 0 Å². The molecule has 0 atom stereocenters. The lowest BCUT2D eigenvalue weighted by Crippen LogP contribution is -2.14. The number of hydrogen-bond donors (Lipinski definition) is 2. The highest BCUT2D eigenvalue weighted by Crippen LogP contribution is 2.22. The zero-order chi connectivity index (χ0) is 13.2. The molecule has 2 heterocycles. The van der Waals surface area contributed by atoms with E-state index in [2.05, 4.69) is 30.6 Å². The fraction of sp³-hybridized carbons (Fsp3) is 0. The third-order valence-corrected chi connectivity index (χ3v) is 4.06. The molecule has 0 aliphatic carbocycles. The average Bonchev–Trinajstić information content (AvgIpc) is 2.32. The molecule has 2 rings (SSSR count). The van der Waals surface area contributed by atoms with Crippen LogP contribution in [0.4, 0.5) is 11.5 Å². The summed E-state index contributed by atoms with van der Waals surface area (Å²) in [5.41, 5.74) is 5.76. The molecule has 0 radical (unpaired) electrons. The summed E-state index contributed by atoms with van der Waals surface area (Å²) in [5.74, 6) is 0.261. The first kappa shape index (κ1) is 12.8. The Balaban J connectivity index is 2.33. The second-order valence-electron chi connectivity index (χ2n) is 3.37. The van der Waals surface area contributed by atoms with Gasteiger partial charge in [0.15, 0.2) is 0 Å². The number of rotatable bonds is 3. The average molecular weight is 329 g/mol. The van der Waals surface area contributed by atoms with Gasteiger partial charge in [-0.3, -0.25) is 4.72 Å². The second kappa shape index (κ2) is 4.91. The van der Waals surface area contributed by atoms with Gasteiger partial charge in [-0.25, -0.2) is 18.4 Å². The van der Waals surface area contributed by atoms with Crippen molar-refractivity contribution >= 4 is 37.5 Å². The van der Waals surface area contributed by atoms with Crippen molar-refractivity contribution < 1.29 is 8.42 Å². The van der Waals surface area contributed by atoms with Crippen LogP contribution >= 0.6 is 15.9 Å². The standard InChI is InChI=1S/C10H9BrN4O2S/c11-10-8(2-1-5-13-10)15-18(16,17)7-3-4-9(12)14-6-7/h1-6,15H,(H2,12,14). The van der Waals surface area contributed by atoms with Gasteiger partial charge >= 0.3 is 0 Å². The number of aromatic nitrogens is 2. The van der Waals surface area contributed by atoms with E-state index in [1.807, 2.05) is 0 Å². The zero-order valence-electron chi connectivity index (χ0n) is 9.04. The van der Waals surface area contributed by atoms with E-state index in [4.69, 9.17) is 5.73 Å². The molecule has 0 saturated carbocycles. The molecule has 2 aromatic rings. The van der Waals surface area contributed by atoms with Gasteiger partial charge < -0.3 is 5.73 Å². The number of sulfonamides is 1. The predicted octanol–water partition coefficient (Wildman–Crippen LogP) is 1.62. The van der Waals surface area contributed by atoms with E-state index in [0.717, 1.165) is 0 Å². The van der Waals surface area contributed by atoms with Gasteiger partial charge in [0.1, 0.15) is 15.3 Å². The number of halogens is 1. The maximum Gasteiger partial charge on any atom is 0.263 e. The van der Waals surface area contributed by atoms with E-state index in [1.54, 1.807) is 18.3 Å². The lowest BCUT2D eigenvalue weighted by atomic mass is 10.4. The SMILES string of the molecule is Nc1ccc(S(=O)(=O)Nc2cccnc2Br)cn1. The molecule has 18 heavy (non-hydrogen) atoms. The topological polar surface area (TPSA) is 98.0 Å². The van der Waals surface area contributed by atoms with Crippen LogP contribution in [0.3, 0.4) is 0 Å². The molecule has 0 spiro atoms. The number of nitrogens with two attached hydrogens (primary N) is 1. The minimum absolute atomic E-state index is 0.0347. The van der Waals surface area contributed by atoms with Gasteiger partial charge in [-0.05, 0) is 40.2 Å². The van der Waals surface area contributed by atoms with Crippen molar-refractivity contribution in [3.8, 4) is 0 Å². The molecule has 8 heteroatoms. The number of anilines is 2. The Morgan fingerprint density at radius 2 is 2.00 bits per heavy atom. The van der Waals surface area contributed by atoms with Gasteiger partial charge in [-0.2, -0.15) is 0 Å². The van der Waals surface area contributed by atoms with Gasteiger partial charge in [0, 0.05) is 12.4 Å². The van der Waals surface area contributed by atoms with Crippen molar-refractivity contribution in [2.45, 2.75) is 4.90 Å². The summed E-state index contributed by atoms with van der Waals surface area (Å²) < 4.78 is 26.9. The number of nitrogen functional groups attached to an aromatic ring is 1. The van der Waals surface area contributed by atoms with E-state index in [-0.39, 0.29) is 10.7 Å². The second-order valence-corrected chi connectivity index (χ2v) is 5.80. The number of pyridine rings is 2. The summed E-state index contributed by atoms with van der Waals surface area (Å²) in [4.78, 5) is 7.70. The van der Waals surface area contributed by atoms with Gasteiger partial charge in [0.05, 0.1) is 5.69 Å². The number of hydrogen-bond acceptors (Lipinski definition) is 5. The molecule has 0 aromatic carbocycles. The first-order chi connectivity index (χ1) is 8.49. The van der Waals surface area contributed by atoms with Crippen molar-refractivity contribution in [1.29, 1.82) is 0 Å². The molecule has 0 unspecified atom stereocenters. The summed E-state index contributed by atoms with van der Waals surface area (Å²) in [5, 5.41) is 0. The molecule has 2 aromatic heterocycles. The largest absolute Gasteiger partial charge is 0.384 e. The third-order valence-electron chi connectivity index (χ3n) is 2.07. The Kier molecular flexibility index (Phi) is 3.48. The van der Waals surface area contributed by atoms with Crippen LogP contribution in [0.5, 0.6) is 0 Å². The van der Waals surface area contributed by atoms with Crippen molar-refractivity contribution in [2.75, 3.05) is 10.5 Å². The van der Waals surface area contributed by atoms with Gasteiger partial charge in [-0.15, -0.1) is 0 Å². The minimum atomic E-state index is -3.69. The first-order valence-electron chi connectivity index (χ1n) is 4.84. The van der Waals surface area contributed by atoms with E-state index >= 15 is 0 Å². The molecule has 0 saturated heterocycles. The highest BCUT2D eigenvalue weighted by molar-refractivity contribution is 9.10. The van der Waals surface area contributed by atoms with E-state index in [1.165, 1.54) is 18.3 Å². The van der Waals surface area contributed by atoms with Gasteiger partial charge in [0.25, 0.3) is 10.0 Å².